The number of nitrogens with zero attached hydrogens (tertiary/aromatic N) is 2. The van der Waals surface area contributed by atoms with Crippen molar-refractivity contribution in [3.8, 4) is 11.5 Å². The van der Waals surface area contributed by atoms with Gasteiger partial charge in [0.05, 0.1) is 0 Å². The molecule has 5 heteroatoms. The van der Waals surface area contributed by atoms with E-state index in [9.17, 15) is 4.39 Å². The van der Waals surface area contributed by atoms with Crippen LogP contribution in [0.1, 0.15) is 0 Å². The van der Waals surface area contributed by atoms with E-state index in [4.69, 9.17) is 16.0 Å². The van der Waals surface area contributed by atoms with Crippen LogP contribution in [0.15, 0.2) is 52.9 Å². The molecule has 2 heterocycles. The summed E-state index contributed by atoms with van der Waals surface area (Å²) in [6, 6.07) is 13.7. The van der Waals surface area contributed by atoms with Crippen molar-refractivity contribution in [2.45, 2.75) is 0 Å². The molecule has 4 aromatic rings. The Morgan fingerprint density at radius 3 is 2.62 bits per heavy atom. The standard InChI is InChI=1S/C16H8ClFN2O/c17-16-12-4-2-1-3-11(12)15(19-20-16)14-8-9-7-10(18)5-6-13(9)21-14/h1-8H. The fraction of sp³-hybridized carbons (Fsp3) is 0. The average molecular weight is 299 g/mol. The third-order valence-electron chi connectivity index (χ3n) is 3.35. The van der Waals surface area contributed by atoms with Crippen LogP contribution in [0, 0.1) is 5.82 Å². The molecule has 0 N–H and O–H groups in total. The van der Waals surface area contributed by atoms with Crippen LogP contribution in [0.5, 0.6) is 0 Å². The number of aromatic nitrogens is 2. The molecule has 3 nitrogen and oxygen atoms in total. The van der Waals surface area contributed by atoms with Gasteiger partial charge in [-0.25, -0.2) is 4.39 Å². The molecule has 0 radical (unpaired) electrons. The third kappa shape index (κ3) is 1.96. The predicted molar refractivity (Wildman–Crippen MR) is 79.7 cm³/mol. The number of fused-ring (bicyclic) bond motifs is 2. The first-order chi connectivity index (χ1) is 10.2. The highest BCUT2D eigenvalue weighted by Gasteiger charge is 2.14. The predicted octanol–water partition coefficient (Wildman–Crippen LogP) is 4.84. The molecule has 0 saturated carbocycles. The lowest BCUT2D eigenvalue weighted by Crippen LogP contribution is -1.90. The number of hydrogen-bond acceptors (Lipinski definition) is 3. The molecule has 0 aliphatic rings. The van der Waals surface area contributed by atoms with Crippen LogP contribution in [0.4, 0.5) is 4.39 Å². The topological polar surface area (TPSA) is 38.9 Å². The van der Waals surface area contributed by atoms with Crippen LogP contribution in [0.3, 0.4) is 0 Å². The molecule has 0 fully saturated rings. The van der Waals surface area contributed by atoms with Gasteiger partial charge < -0.3 is 4.42 Å². The van der Waals surface area contributed by atoms with Crippen molar-refractivity contribution in [3.05, 3.63) is 59.5 Å². The number of benzene rings is 2. The molecule has 0 saturated heterocycles. The Morgan fingerprint density at radius 1 is 0.952 bits per heavy atom. The SMILES string of the molecule is Fc1ccc2oc(-c3nnc(Cl)c4ccccc34)cc2c1. The van der Waals surface area contributed by atoms with Gasteiger partial charge in [0.25, 0.3) is 0 Å². The largest absolute Gasteiger partial charge is 0.454 e. The van der Waals surface area contributed by atoms with E-state index in [0.717, 1.165) is 10.8 Å². The summed E-state index contributed by atoms with van der Waals surface area (Å²) in [5.74, 6) is 0.234. The maximum atomic E-state index is 13.3. The second-order valence-electron chi connectivity index (χ2n) is 4.68. The van der Waals surface area contributed by atoms with E-state index >= 15 is 0 Å². The quantitative estimate of drug-likeness (QED) is 0.505. The number of hydrogen-bond donors (Lipinski definition) is 0. The molecule has 0 aliphatic heterocycles. The monoisotopic (exact) mass is 298 g/mol. The summed E-state index contributed by atoms with van der Waals surface area (Å²) in [6.07, 6.45) is 0. The van der Waals surface area contributed by atoms with E-state index in [0.29, 0.717) is 27.6 Å². The highest BCUT2D eigenvalue weighted by atomic mass is 35.5. The molecule has 0 aliphatic carbocycles. The molecule has 0 atom stereocenters. The highest BCUT2D eigenvalue weighted by Crippen LogP contribution is 2.33. The molecule has 0 bridgehead atoms. The first-order valence-electron chi connectivity index (χ1n) is 6.33. The first kappa shape index (κ1) is 12.3. The number of furan rings is 1. The van der Waals surface area contributed by atoms with Crippen LogP contribution >= 0.6 is 11.6 Å². The van der Waals surface area contributed by atoms with Crippen molar-refractivity contribution in [1.29, 1.82) is 0 Å². The third-order valence-corrected chi connectivity index (χ3v) is 3.63. The molecule has 0 unspecified atom stereocenters. The van der Waals surface area contributed by atoms with E-state index in [1.165, 1.54) is 12.1 Å². The molecular weight excluding hydrogens is 291 g/mol. The molecule has 4 rings (SSSR count). The summed E-state index contributed by atoms with van der Waals surface area (Å²) >= 11 is 6.06. The van der Waals surface area contributed by atoms with Crippen LogP contribution in [-0.4, -0.2) is 10.2 Å². The molecule has 0 spiro atoms. The van der Waals surface area contributed by atoms with E-state index in [2.05, 4.69) is 10.2 Å². The summed E-state index contributed by atoms with van der Waals surface area (Å²) in [6.45, 7) is 0. The van der Waals surface area contributed by atoms with Crippen molar-refractivity contribution in [1.82, 2.24) is 10.2 Å². The van der Waals surface area contributed by atoms with E-state index in [1.807, 2.05) is 24.3 Å². The van der Waals surface area contributed by atoms with Gasteiger partial charge in [-0.15, -0.1) is 10.2 Å². The lowest BCUT2D eigenvalue weighted by molar-refractivity contribution is 0.617. The van der Waals surface area contributed by atoms with Crippen LogP contribution in [0.25, 0.3) is 33.2 Å². The fourth-order valence-electron chi connectivity index (χ4n) is 2.38. The van der Waals surface area contributed by atoms with Gasteiger partial charge in [0.15, 0.2) is 10.9 Å². The van der Waals surface area contributed by atoms with Gasteiger partial charge in [0, 0.05) is 16.2 Å². The second-order valence-corrected chi connectivity index (χ2v) is 5.04. The van der Waals surface area contributed by atoms with Crippen LogP contribution in [-0.2, 0) is 0 Å². The van der Waals surface area contributed by atoms with Gasteiger partial charge in [0.2, 0.25) is 0 Å². The van der Waals surface area contributed by atoms with Gasteiger partial charge in [-0.1, -0.05) is 35.9 Å². The Bertz CT molecular complexity index is 981. The van der Waals surface area contributed by atoms with Crippen molar-refractivity contribution in [3.63, 3.8) is 0 Å². The molecular formula is C16H8ClFN2O. The molecule has 2 aromatic heterocycles. The highest BCUT2D eigenvalue weighted by molar-refractivity contribution is 6.34. The summed E-state index contributed by atoms with van der Waals surface area (Å²) < 4.78 is 19.0. The van der Waals surface area contributed by atoms with Gasteiger partial charge in [-0.05, 0) is 24.3 Å². The normalized spacial score (nSPS) is 11.3. The van der Waals surface area contributed by atoms with Crippen LogP contribution < -0.4 is 0 Å². The Labute approximate surface area is 124 Å². The van der Waals surface area contributed by atoms with Crippen molar-refractivity contribution >= 4 is 33.3 Å². The minimum Gasteiger partial charge on any atom is -0.454 e. The van der Waals surface area contributed by atoms with Crippen molar-refractivity contribution in [2.24, 2.45) is 0 Å². The number of rotatable bonds is 1. The molecule has 0 amide bonds. The minimum absolute atomic E-state index is 0.304. The second kappa shape index (κ2) is 4.53. The van der Waals surface area contributed by atoms with Gasteiger partial charge in [-0.3, -0.25) is 0 Å². The summed E-state index contributed by atoms with van der Waals surface area (Å²) in [7, 11) is 0. The summed E-state index contributed by atoms with van der Waals surface area (Å²) in [5.41, 5.74) is 1.19. The zero-order chi connectivity index (χ0) is 14.4. The summed E-state index contributed by atoms with van der Waals surface area (Å²) in [4.78, 5) is 0. The Hall–Kier alpha value is -2.46. The maximum Gasteiger partial charge on any atom is 0.159 e. The lowest BCUT2D eigenvalue weighted by Gasteiger charge is -2.03. The smallest absolute Gasteiger partial charge is 0.159 e. The summed E-state index contributed by atoms with van der Waals surface area (Å²) in [5, 5.41) is 10.8. The van der Waals surface area contributed by atoms with Crippen molar-refractivity contribution in [2.75, 3.05) is 0 Å². The first-order valence-corrected chi connectivity index (χ1v) is 6.70. The molecule has 102 valence electrons. The average Bonchev–Trinajstić information content (AvgIpc) is 2.90. The zero-order valence-electron chi connectivity index (χ0n) is 10.7. The van der Waals surface area contributed by atoms with Crippen LogP contribution in [0.2, 0.25) is 5.15 Å². The van der Waals surface area contributed by atoms with Gasteiger partial charge in [0.1, 0.15) is 17.1 Å². The van der Waals surface area contributed by atoms with Gasteiger partial charge in [-0.2, -0.15) is 0 Å². The number of halogens is 2. The Morgan fingerprint density at radius 2 is 1.76 bits per heavy atom. The van der Waals surface area contributed by atoms with E-state index in [-0.39, 0.29) is 5.82 Å². The molecule has 21 heavy (non-hydrogen) atoms. The Kier molecular flexibility index (Phi) is 2.65. The lowest BCUT2D eigenvalue weighted by atomic mass is 10.1. The zero-order valence-corrected chi connectivity index (χ0v) is 11.4. The maximum absolute atomic E-state index is 13.3. The van der Waals surface area contributed by atoms with Crippen molar-refractivity contribution < 1.29 is 8.81 Å². The van der Waals surface area contributed by atoms with Gasteiger partial charge >= 0.3 is 0 Å². The fourth-order valence-corrected chi connectivity index (χ4v) is 2.59. The Balaban J connectivity index is 2.02. The molecule has 2 aromatic carbocycles. The minimum atomic E-state index is -0.304. The van der Waals surface area contributed by atoms with E-state index in [1.54, 1.807) is 12.1 Å². The van der Waals surface area contributed by atoms with E-state index < -0.39 is 0 Å².